The second-order valence-electron chi connectivity index (χ2n) is 3.99. The molecule has 0 aliphatic carbocycles. The van der Waals surface area contributed by atoms with Crippen LogP contribution in [-0.4, -0.2) is 31.4 Å². The van der Waals surface area contributed by atoms with Crippen LogP contribution < -0.4 is 15.4 Å². The molecule has 0 radical (unpaired) electrons. The molecule has 0 spiro atoms. The van der Waals surface area contributed by atoms with Gasteiger partial charge in [-0.1, -0.05) is 6.92 Å². The molecule has 0 amide bonds. The van der Waals surface area contributed by atoms with Crippen molar-refractivity contribution in [3.8, 4) is 5.75 Å². The molecule has 1 aromatic carbocycles. The minimum atomic E-state index is -0.454. The van der Waals surface area contributed by atoms with Gasteiger partial charge in [-0.15, -0.1) is 0 Å². The summed E-state index contributed by atoms with van der Waals surface area (Å²) in [6, 6.07) is 2.86. The Hall–Kier alpha value is -1.49. The van der Waals surface area contributed by atoms with Crippen LogP contribution in [0.4, 0.5) is 15.8 Å². The molecule has 102 valence electrons. The highest BCUT2D eigenvalue weighted by Crippen LogP contribution is 2.31. The van der Waals surface area contributed by atoms with Crippen LogP contribution in [0.5, 0.6) is 5.75 Å². The summed E-state index contributed by atoms with van der Waals surface area (Å²) in [6.07, 6.45) is 0.813. The summed E-state index contributed by atoms with van der Waals surface area (Å²) in [4.78, 5) is 1.88. The average molecular weight is 256 g/mol. The molecule has 0 atom stereocenters. The van der Waals surface area contributed by atoms with Gasteiger partial charge in [0.1, 0.15) is 0 Å². The molecule has 0 bridgehead atoms. The normalized spacial score (nSPS) is 10.4. The van der Waals surface area contributed by atoms with Crippen molar-refractivity contribution in [3.05, 3.63) is 17.9 Å². The van der Waals surface area contributed by atoms with Gasteiger partial charge in [-0.2, -0.15) is 0 Å². The molecule has 0 aliphatic heterocycles. The SMILES string of the molecule is CCCOc1cc(N(CC)CCO)c(N)cc1F. The van der Waals surface area contributed by atoms with E-state index in [0.29, 0.717) is 31.1 Å². The molecule has 0 fully saturated rings. The van der Waals surface area contributed by atoms with Crippen molar-refractivity contribution in [1.82, 2.24) is 0 Å². The highest BCUT2D eigenvalue weighted by Gasteiger charge is 2.13. The molecule has 0 aromatic heterocycles. The van der Waals surface area contributed by atoms with Gasteiger partial charge in [0, 0.05) is 25.2 Å². The maximum absolute atomic E-state index is 13.6. The summed E-state index contributed by atoms with van der Waals surface area (Å²) < 4.78 is 19.0. The van der Waals surface area contributed by atoms with Crippen LogP contribution in [0.3, 0.4) is 0 Å². The molecule has 1 aromatic rings. The smallest absolute Gasteiger partial charge is 0.167 e. The zero-order chi connectivity index (χ0) is 13.5. The van der Waals surface area contributed by atoms with E-state index in [0.717, 1.165) is 6.42 Å². The number of hydrogen-bond acceptors (Lipinski definition) is 4. The van der Waals surface area contributed by atoms with Crippen molar-refractivity contribution in [2.24, 2.45) is 0 Å². The first kappa shape index (κ1) is 14.6. The Morgan fingerprint density at radius 3 is 2.67 bits per heavy atom. The molecule has 0 saturated heterocycles. The van der Waals surface area contributed by atoms with E-state index in [-0.39, 0.29) is 12.4 Å². The second-order valence-corrected chi connectivity index (χ2v) is 3.99. The molecule has 0 unspecified atom stereocenters. The van der Waals surface area contributed by atoms with Gasteiger partial charge >= 0.3 is 0 Å². The van der Waals surface area contributed by atoms with E-state index in [1.807, 2.05) is 18.7 Å². The maximum atomic E-state index is 13.6. The number of rotatable bonds is 7. The highest BCUT2D eigenvalue weighted by molar-refractivity contribution is 5.70. The predicted octanol–water partition coefficient (Wildman–Crippen LogP) is 2.02. The third-order valence-corrected chi connectivity index (χ3v) is 2.64. The maximum Gasteiger partial charge on any atom is 0.167 e. The van der Waals surface area contributed by atoms with E-state index in [1.165, 1.54) is 6.07 Å². The van der Waals surface area contributed by atoms with Crippen LogP contribution in [0.1, 0.15) is 20.3 Å². The lowest BCUT2D eigenvalue weighted by molar-refractivity contribution is 0.299. The van der Waals surface area contributed by atoms with Crippen molar-refractivity contribution in [2.45, 2.75) is 20.3 Å². The highest BCUT2D eigenvalue weighted by atomic mass is 19.1. The largest absolute Gasteiger partial charge is 0.490 e. The number of nitrogens with two attached hydrogens (primary N) is 1. The first-order valence-electron chi connectivity index (χ1n) is 6.21. The quantitative estimate of drug-likeness (QED) is 0.733. The van der Waals surface area contributed by atoms with Crippen molar-refractivity contribution in [2.75, 3.05) is 36.9 Å². The first-order valence-corrected chi connectivity index (χ1v) is 6.21. The molecule has 5 heteroatoms. The van der Waals surface area contributed by atoms with Gasteiger partial charge in [0.2, 0.25) is 0 Å². The van der Waals surface area contributed by atoms with E-state index in [9.17, 15) is 4.39 Å². The number of benzene rings is 1. The molecule has 1 rings (SSSR count). The summed E-state index contributed by atoms with van der Waals surface area (Å²) in [5.41, 5.74) is 6.85. The number of aliphatic hydroxyl groups is 1. The number of nitrogens with zero attached hydrogens (tertiary/aromatic N) is 1. The summed E-state index contributed by atoms with van der Waals surface area (Å²) in [5, 5.41) is 9.00. The Kier molecular flexibility index (Phi) is 5.71. The zero-order valence-corrected chi connectivity index (χ0v) is 10.9. The Balaban J connectivity index is 3.02. The average Bonchev–Trinajstić information content (AvgIpc) is 2.35. The third kappa shape index (κ3) is 3.50. The van der Waals surface area contributed by atoms with Gasteiger partial charge in [0.15, 0.2) is 11.6 Å². The fraction of sp³-hybridized carbons (Fsp3) is 0.538. The Morgan fingerprint density at radius 2 is 2.11 bits per heavy atom. The van der Waals surface area contributed by atoms with E-state index in [2.05, 4.69) is 0 Å². The lowest BCUT2D eigenvalue weighted by Gasteiger charge is -2.24. The number of anilines is 2. The van der Waals surface area contributed by atoms with Crippen LogP contribution in [0.2, 0.25) is 0 Å². The van der Waals surface area contributed by atoms with Crippen LogP contribution in [0.15, 0.2) is 12.1 Å². The second kappa shape index (κ2) is 7.06. The molecule has 18 heavy (non-hydrogen) atoms. The molecule has 0 heterocycles. The number of ether oxygens (including phenoxy) is 1. The van der Waals surface area contributed by atoms with E-state index >= 15 is 0 Å². The van der Waals surface area contributed by atoms with Gasteiger partial charge in [-0.05, 0) is 13.3 Å². The van der Waals surface area contributed by atoms with Crippen molar-refractivity contribution in [1.29, 1.82) is 0 Å². The van der Waals surface area contributed by atoms with Gasteiger partial charge in [0.25, 0.3) is 0 Å². The van der Waals surface area contributed by atoms with E-state index in [4.69, 9.17) is 15.6 Å². The number of halogens is 1. The standard InChI is InChI=1S/C13H21FN2O2/c1-3-7-18-13-9-12(11(15)8-10(13)14)16(4-2)5-6-17/h8-9,17H,3-7,15H2,1-2H3. The summed E-state index contributed by atoms with van der Waals surface area (Å²) in [5.74, 6) is -0.248. The van der Waals surface area contributed by atoms with Crippen molar-refractivity contribution < 1.29 is 14.2 Å². The molecule has 0 aliphatic rings. The first-order chi connectivity index (χ1) is 8.63. The van der Waals surface area contributed by atoms with Gasteiger partial charge in [-0.3, -0.25) is 0 Å². The van der Waals surface area contributed by atoms with Crippen LogP contribution in [0.25, 0.3) is 0 Å². The van der Waals surface area contributed by atoms with Gasteiger partial charge in [-0.25, -0.2) is 4.39 Å². The monoisotopic (exact) mass is 256 g/mol. The summed E-state index contributed by atoms with van der Waals surface area (Å²) >= 11 is 0. The molecule has 0 saturated carbocycles. The topological polar surface area (TPSA) is 58.7 Å². The number of hydrogen-bond donors (Lipinski definition) is 2. The minimum Gasteiger partial charge on any atom is -0.490 e. The van der Waals surface area contributed by atoms with Crippen LogP contribution in [-0.2, 0) is 0 Å². The molecular formula is C13H21FN2O2. The minimum absolute atomic E-state index is 0.0236. The Morgan fingerprint density at radius 1 is 1.39 bits per heavy atom. The van der Waals surface area contributed by atoms with Crippen molar-refractivity contribution in [3.63, 3.8) is 0 Å². The lowest BCUT2D eigenvalue weighted by Crippen LogP contribution is -2.27. The predicted molar refractivity (Wildman–Crippen MR) is 71.6 cm³/mol. The van der Waals surface area contributed by atoms with E-state index < -0.39 is 5.82 Å². The number of aliphatic hydroxyl groups excluding tert-OH is 1. The summed E-state index contributed by atoms with van der Waals surface area (Å²) in [6.45, 7) is 5.54. The van der Waals surface area contributed by atoms with E-state index in [1.54, 1.807) is 6.07 Å². The van der Waals surface area contributed by atoms with Crippen molar-refractivity contribution >= 4 is 11.4 Å². The lowest BCUT2D eigenvalue weighted by atomic mass is 10.2. The van der Waals surface area contributed by atoms with Crippen LogP contribution >= 0.6 is 0 Å². The summed E-state index contributed by atoms with van der Waals surface area (Å²) in [7, 11) is 0. The van der Waals surface area contributed by atoms with Crippen LogP contribution in [0, 0.1) is 5.82 Å². The number of likely N-dealkylation sites (N-methyl/N-ethyl adjacent to an activating group) is 1. The molecule has 4 nitrogen and oxygen atoms in total. The Labute approximate surface area is 107 Å². The third-order valence-electron chi connectivity index (χ3n) is 2.64. The molecule has 3 N–H and O–H groups in total. The zero-order valence-electron chi connectivity index (χ0n) is 10.9. The fourth-order valence-electron chi connectivity index (χ4n) is 1.72. The fourth-order valence-corrected chi connectivity index (χ4v) is 1.72. The Bertz CT molecular complexity index is 385. The van der Waals surface area contributed by atoms with Gasteiger partial charge in [0.05, 0.1) is 24.6 Å². The van der Waals surface area contributed by atoms with Gasteiger partial charge < -0.3 is 20.5 Å². The molecular weight excluding hydrogens is 235 g/mol. The number of nitrogen functional groups attached to an aromatic ring is 1.